The van der Waals surface area contributed by atoms with Crippen LogP contribution >= 0.6 is 15.9 Å². The Balaban J connectivity index is 3.29. The number of nitrogens with zero attached hydrogens (tertiary/aromatic N) is 2. The Labute approximate surface area is 99.5 Å². The predicted molar refractivity (Wildman–Crippen MR) is 64.6 cm³/mol. The molecule has 1 rings (SSSR count). The molecule has 0 unspecified atom stereocenters. The fourth-order valence-electron chi connectivity index (χ4n) is 1.96. The highest BCUT2D eigenvalue weighted by molar-refractivity contribution is 9.10. The van der Waals surface area contributed by atoms with Gasteiger partial charge in [-0.1, -0.05) is 27.2 Å². The van der Waals surface area contributed by atoms with E-state index in [-0.39, 0.29) is 5.41 Å². The van der Waals surface area contributed by atoms with E-state index in [1.165, 1.54) is 0 Å². The highest BCUT2D eigenvalue weighted by Crippen LogP contribution is 2.35. The van der Waals surface area contributed by atoms with Gasteiger partial charge >= 0.3 is 0 Å². The average Bonchev–Trinajstić information content (AvgIpc) is 2.16. The van der Waals surface area contributed by atoms with Gasteiger partial charge in [-0.15, -0.1) is 0 Å². The Morgan fingerprint density at radius 1 is 1.47 bits per heavy atom. The molecule has 0 aliphatic carbocycles. The van der Waals surface area contributed by atoms with Crippen molar-refractivity contribution in [3.05, 3.63) is 28.0 Å². The van der Waals surface area contributed by atoms with Crippen molar-refractivity contribution in [3.8, 4) is 6.07 Å². The molecule has 3 heteroatoms. The normalized spacial score (nSPS) is 11.1. The molecular formula is C12H15BrN2. The van der Waals surface area contributed by atoms with E-state index >= 15 is 0 Å². The third-order valence-corrected chi connectivity index (χ3v) is 3.17. The molecule has 15 heavy (non-hydrogen) atoms. The van der Waals surface area contributed by atoms with Crippen LogP contribution in [0.3, 0.4) is 0 Å². The van der Waals surface area contributed by atoms with Crippen molar-refractivity contribution in [1.82, 2.24) is 4.98 Å². The van der Waals surface area contributed by atoms with E-state index in [9.17, 15) is 0 Å². The SMILES string of the molecule is CCCC(C)(C)c1c(Br)cncc1C#N. The summed E-state index contributed by atoms with van der Waals surface area (Å²) in [6, 6.07) is 2.21. The Kier molecular flexibility index (Phi) is 3.87. The second-order valence-electron chi connectivity index (χ2n) is 4.29. The molecule has 0 fully saturated rings. The molecule has 80 valence electrons. The van der Waals surface area contributed by atoms with Crippen LogP contribution < -0.4 is 0 Å². The zero-order valence-electron chi connectivity index (χ0n) is 9.34. The van der Waals surface area contributed by atoms with Gasteiger partial charge in [0, 0.05) is 16.9 Å². The number of aromatic nitrogens is 1. The maximum Gasteiger partial charge on any atom is 0.101 e. The molecule has 0 atom stereocenters. The highest BCUT2D eigenvalue weighted by Gasteiger charge is 2.25. The summed E-state index contributed by atoms with van der Waals surface area (Å²) in [6.45, 7) is 6.48. The maximum atomic E-state index is 9.06. The maximum absolute atomic E-state index is 9.06. The summed E-state index contributed by atoms with van der Waals surface area (Å²) in [5, 5.41) is 9.06. The number of hydrogen-bond donors (Lipinski definition) is 0. The minimum Gasteiger partial charge on any atom is -0.262 e. The molecule has 1 heterocycles. The van der Waals surface area contributed by atoms with Gasteiger partial charge in [0.15, 0.2) is 0 Å². The molecule has 0 radical (unpaired) electrons. The van der Waals surface area contributed by atoms with Gasteiger partial charge in [-0.05, 0) is 33.3 Å². The molecule has 0 aliphatic rings. The molecular weight excluding hydrogens is 252 g/mol. The number of rotatable bonds is 3. The Morgan fingerprint density at radius 2 is 2.13 bits per heavy atom. The number of hydrogen-bond acceptors (Lipinski definition) is 2. The zero-order chi connectivity index (χ0) is 11.5. The van der Waals surface area contributed by atoms with E-state index in [4.69, 9.17) is 5.26 Å². The largest absolute Gasteiger partial charge is 0.262 e. The number of halogens is 1. The molecule has 0 bridgehead atoms. The van der Waals surface area contributed by atoms with Crippen molar-refractivity contribution in [3.63, 3.8) is 0 Å². The van der Waals surface area contributed by atoms with E-state index in [1.54, 1.807) is 12.4 Å². The van der Waals surface area contributed by atoms with Gasteiger partial charge in [-0.25, -0.2) is 0 Å². The lowest BCUT2D eigenvalue weighted by atomic mass is 9.79. The number of pyridine rings is 1. The lowest BCUT2D eigenvalue weighted by molar-refractivity contribution is 0.469. The topological polar surface area (TPSA) is 36.7 Å². The van der Waals surface area contributed by atoms with Crippen molar-refractivity contribution in [2.24, 2.45) is 0 Å². The molecule has 0 aliphatic heterocycles. The van der Waals surface area contributed by atoms with Crippen LogP contribution in [-0.2, 0) is 5.41 Å². The van der Waals surface area contributed by atoms with Crippen LogP contribution in [0.5, 0.6) is 0 Å². The van der Waals surface area contributed by atoms with Crippen molar-refractivity contribution >= 4 is 15.9 Å². The van der Waals surface area contributed by atoms with E-state index in [2.05, 4.69) is 47.8 Å². The molecule has 0 spiro atoms. The molecule has 0 amide bonds. The van der Waals surface area contributed by atoms with Crippen LogP contribution in [0.1, 0.15) is 44.7 Å². The third-order valence-electron chi connectivity index (χ3n) is 2.57. The molecule has 0 aromatic carbocycles. The van der Waals surface area contributed by atoms with Gasteiger partial charge in [0.25, 0.3) is 0 Å². The van der Waals surface area contributed by atoms with Crippen molar-refractivity contribution < 1.29 is 0 Å². The Bertz CT molecular complexity index is 391. The first kappa shape index (κ1) is 12.2. The van der Waals surface area contributed by atoms with Crippen LogP contribution in [0.25, 0.3) is 0 Å². The first-order chi connectivity index (χ1) is 7.03. The second-order valence-corrected chi connectivity index (χ2v) is 5.14. The first-order valence-electron chi connectivity index (χ1n) is 5.07. The first-order valence-corrected chi connectivity index (χ1v) is 5.86. The van der Waals surface area contributed by atoms with Crippen LogP contribution in [0.2, 0.25) is 0 Å². The minimum absolute atomic E-state index is 0.0155. The second kappa shape index (κ2) is 4.76. The number of nitriles is 1. The van der Waals surface area contributed by atoms with Gasteiger partial charge in [0.05, 0.1) is 5.56 Å². The Hall–Kier alpha value is -0.880. The van der Waals surface area contributed by atoms with Crippen LogP contribution in [0.4, 0.5) is 0 Å². The van der Waals surface area contributed by atoms with E-state index in [0.717, 1.165) is 22.9 Å². The van der Waals surface area contributed by atoms with E-state index in [0.29, 0.717) is 5.56 Å². The van der Waals surface area contributed by atoms with Crippen molar-refractivity contribution in [1.29, 1.82) is 5.26 Å². The van der Waals surface area contributed by atoms with Crippen LogP contribution in [0, 0.1) is 11.3 Å². The van der Waals surface area contributed by atoms with E-state index in [1.807, 2.05) is 0 Å². The summed E-state index contributed by atoms with van der Waals surface area (Å²) in [7, 11) is 0. The van der Waals surface area contributed by atoms with E-state index < -0.39 is 0 Å². The summed E-state index contributed by atoms with van der Waals surface area (Å²) in [6.07, 6.45) is 5.56. The Morgan fingerprint density at radius 3 is 2.67 bits per heavy atom. The molecule has 0 N–H and O–H groups in total. The van der Waals surface area contributed by atoms with Crippen LogP contribution in [-0.4, -0.2) is 4.98 Å². The van der Waals surface area contributed by atoms with Gasteiger partial charge in [-0.2, -0.15) is 5.26 Å². The molecule has 0 saturated heterocycles. The summed E-state index contributed by atoms with van der Waals surface area (Å²) < 4.78 is 0.931. The lowest BCUT2D eigenvalue weighted by Crippen LogP contribution is -2.19. The molecule has 1 aromatic heterocycles. The summed E-state index contributed by atoms with van der Waals surface area (Å²) in [5.41, 5.74) is 1.76. The standard InChI is InChI=1S/C12H15BrN2/c1-4-5-12(2,3)11-9(6-14)7-15-8-10(11)13/h7-8H,4-5H2,1-3H3. The minimum atomic E-state index is 0.0155. The summed E-state index contributed by atoms with van der Waals surface area (Å²) in [4.78, 5) is 4.02. The van der Waals surface area contributed by atoms with Crippen molar-refractivity contribution in [2.45, 2.75) is 39.0 Å². The monoisotopic (exact) mass is 266 g/mol. The fourth-order valence-corrected chi connectivity index (χ4v) is 2.83. The molecule has 1 aromatic rings. The van der Waals surface area contributed by atoms with Gasteiger partial charge in [0.2, 0.25) is 0 Å². The average molecular weight is 267 g/mol. The lowest BCUT2D eigenvalue weighted by Gasteiger charge is -2.26. The van der Waals surface area contributed by atoms with Gasteiger partial charge in [0.1, 0.15) is 6.07 Å². The van der Waals surface area contributed by atoms with Gasteiger partial charge < -0.3 is 0 Å². The van der Waals surface area contributed by atoms with Crippen molar-refractivity contribution in [2.75, 3.05) is 0 Å². The fraction of sp³-hybridized carbons (Fsp3) is 0.500. The van der Waals surface area contributed by atoms with Crippen LogP contribution in [0.15, 0.2) is 16.9 Å². The molecule has 0 saturated carbocycles. The molecule has 2 nitrogen and oxygen atoms in total. The van der Waals surface area contributed by atoms with Gasteiger partial charge in [-0.3, -0.25) is 4.98 Å². The summed E-state index contributed by atoms with van der Waals surface area (Å²) in [5.74, 6) is 0. The predicted octanol–water partition coefficient (Wildman–Crippen LogP) is 3.79. The zero-order valence-corrected chi connectivity index (χ0v) is 10.9. The highest BCUT2D eigenvalue weighted by atomic mass is 79.9. The third kappa shape index (κ3) is 2.57. The quantitative estimate of drug-likeness (QED) is 0.835. The summed E-state index contributed by atoms with van der Waals surface area (Å²) >= 11 is 3.48. The smallest absolute Gasteiger partial charge is 0.101 e.